The van der Waals surface area contributed by atoms with Crippen molar-refractivity contribution in [3.8, 4) is 0 Å². The zero-order chi connectivity index (χ0) is 17.0. The molecule has 0 saturated heterocycles. The fourth-order valence-electron chi connectivity index (χ4n) is 1.84. The molecule has 0 atom stereocenters. The van der Waals surface area contributed by atoms with Crippen LogP contribution in [0, 0.1) is 6.92 Å². The fourth-order valence-corrected chi connectivity index (χ4v) is 3.61. The molecule has 2 aromatic rings. The molecule has 23 heavy (non-hydrogen) atoms. The zero-order valence-electron chi connectivity index (χ0n) is 12.7. The van der Waals surface area contributed by atoms with Crippen molar-refractivity contribution in [2.45, 2.75) is 24.8 Å². The highest BCUT2D eigenvalue weighted by molar-refractivity contribution is 7.98. The Balaban J connectivity index is 2.36. The number of hydrogen-bond donors (Lipinski definition) is 0. The molecular weight excluding hydrogens is 357 g/mol. The first-order chi connectivity index (χ1) is 10.9. The summed E-state index contributed by atoms with van der Waals surface area (Å²) in [6.45, 7) is 7.77. The van der Waals surface area contributed by atoms with Gasteiger partial charge < -0.3 is 4.74 Å². The highest BCUT2D eigenvalue weighted by Gasteiger charge is 2.14. The first kappa shape index (κ1) is 17.8. The van der Waals surface area contributed by atoms with Crippen LogP contribution in [-0.2, 0) is 10.5 Å². The van der Waals surface area contributed by atoms with Gasteiger partial charge in [-0.1, -0.05) is 35.0 Å². The molecule has 0 aromatic carbocycles. The second-order valence-electron chi connectivity index (χ2n) is 4.55. The minimum atomic E-state index is -0.245. The van der Waals surface area contributed by atoms with E-state index in [1.807, 2.05) is 6.92 Å². The van der Waals surface area contributed by atoms with E-state index < -0.39 is 0 Å². The van der Waals surface area contributed by atoms with Crippen LogP contribution < -0.4 is 5.56 Å². The van der Waals surface area contributed by atoms with E-state index in [4.69, 9.17) is 27.9 Å². The monoisotopic (exact) mass is 371 g/mol. The number of halogens is 2. The lowest BCUT2D eigenvalue weighted by Gasteiger charge is -2.14. The number of hydrogen-bond acceptors (Lipinski definition) is 5. The van der Waals surface area contributed by atoms with E-state index in [9.17, 15) is 4.79 Å². The molecule has 0 unspecified atom stereocenters. The molecule has 5 nitrogen and oxygen atoms in total. The summed E-state index contributed by atoms with van der Waals surface area (Å²) < 4.78 is 6.68. The molecule has 8 heteroatoms. The van der Waals surface area contributed by atoms with Crippen molar-refractivity contribution in [1.29, 1.82) is 0 Å². The standard InChI is InChI=1S/C15H15Cl2N3O2S/c1-4-22-10(3)20-14(21)5-9(2)19-15(20)23-8-11-12(16)6-18-7-13(11)17/h5-7H,3-4,8H2,1-2H3. The van der Waals surface area contributed by atoms with Gasteiger partial charge in [0, 0.05) is 35.5 Å². The van der Waals surface area contributed by atoms with Crippen molar-refractivity contribution in [3.63, 3.8) is 0 Å². The Morgan fingerprint density at radius 1 is 1.39 bits per heavy atom. The predicted molar refractivity (Wildman–Crippen MR) is 94.0 cm³/mol. The van der Waals surface area contributed by atoms with Crippen LogP contribution in [0.4, 0.5) is 0 Å². The zero-order valence-corrected chi connectivity index (χ0v) is 15.0. The number of ether oxygens (including phenoxy) is 1. The number of aryl methyl sites for hydroxylation is 1. The Morgan fingerprint density at radius 3 is 2.65 bits per heavy atom. The topological polar surface area (TPSA) is 57.0 Å². The average molecular weight is 372 g/mol. The van der Waals surface area contributed by atoms with E-state index in [2.05, 4.69) is 16.5 Å². The van der Waals surface area contributed by atoms with E-state index in [-0.39, 0.29) is 11.4 Å². The molecule has 0 fully saturated rings. The summed E-state index contributed by atoms with van der Waals surface area (Å²) in [4.78, 5) is 20.5. The number of rotatable bonds is 6. The van der Waals surface area contributed by atoms with Gasteiger partial charge in [0.15, 0.2) is 11.0 Å². The predicted octanol–water partition coefficient (Wildman–Crippen LogP) is 4.01. The van der Waals surface area contributed by atoms with Gasteiger partial charge in [0.2, 0.25) is 0 Å². The van der Waals surface area contributed by atoms with Gasteiger partial charge >= 0.3 is 0 Å². The highest BCUT2D eigenvalue weighted by atomic mass is 35.5. The lowest BCUT2D eigenvalue weighted by atomic mass is 10.3. The van der Waals surface area contributed by atoms with Crippen molar-refractivity contribution >= 4 is 40.8 Å². The fraction of sp³-hybridized carbons (Fsp3) is 0.267. The van der Waals surface area contributed by atoms with Gasteiger partial charge in [-0.3, -0.25) is 9.78 Å². The average Bonchev–Trinajstić information content (AvgIpc) is 2.46. The molecule has 2 heterocycles. The summed E-state index contributed by atoms with van der Waals surface area (Å²) in [7, 11) is 0. The molecule has 122 valence electrons. The van der Waals surface area contributed by atoms with Crippen LogP contribution in [0.2, 0.25) is 10.0 Å². The van der Waals surface area contributed by atoms with Crippen LogP contribution in [0.1, 0.15) is 18.2 Å². The molecule has 2 rings (SSSR count). The summed E-state index contributed by atoms with van der Waals surface area (Å²) in [5, 5.41) is 1.41. The van der Waals surface area contributed by atoms with Crippen molar-refractivity contribution < 1.29 is 4.74 Å². The molecule has 0 aliphatic heterocycles. The normalized spacial score (nSPS) is 10.6. The maximum atomic E-state index is 12.2. The van der Waals surface area contributed by atoms with Gasteiger partial charge in [-0.05, 0) is 20.4 Å². The third kappa shape index (κ3) is 4.28. The van der Waals surface area contributed by atoms with Crippen LogP contribution in [0.3, 0.4) is 0 Å². The van der Waals surface area contributed by atoms with Crippen molar-refractivity contribution in [3.05, 3.63) is 56.7 Å². The van der Waals surface area contributed by atoms with E-state index in [1.165, 1.54) is 34.8 Å². The van der Waals surface area contributed by atoms with Gasteiger partial charge in [0.1, 0.15) is 0 Å². The molecule has 0 radical (unpaired) electrons. The Hall–Kier alpha value is -1.50. The van der Waals surface area contributed by atoms with Gasteiger partial charge in [0.05, 0.1) is 16.7 Å². The Labute approximate surface area is 148 Å². The molecule has 0 aliphatic rings. The smallest absolute Gasteiger partial charge is 0.261 e. The Kier molecular flexibility index (Phi) is 6.10. The van der Waals surface area contributed by atoms with Crippen molar-refractivity contribution in [1.82, 2.24) is 14.5 Å². The minimum Gasteiger partial charge on any atom is -0.479 e. The molecular formula is C15H15Cl2N3O2S. The second-order valence-corrected chi connectivity index (χ2v) is 6.31. The van der Waals surface area contributed by atoms with Crippen LogP contribution in [-0.4, -0.2) is 21.1 Å². The summed E-state index contributed by atoms with van der Waals surface area (Å²) in [5.41, 5.74) is 1.10. The van der Waals surface area contributed by atoms with E-state index >= 15 is 0 Å². The highest BCUT2D eigenvalue weighted by Crippen LogP contribution is 2.30. The van der Waals surface area contributed by atoms with Crippen LogP contribution in [0.5, 0.6) is 0 Å². The molecule has 0 spiro atoms. The summed E-state index contributed by atoms with van der Waals surface area (Å²) in [6, 6.07) is 1.43. The third-order valence-corrected chi connectivity index (χ3v) is 4.49. The van der Waals surface area contributed by atoms with Gasteiger partial charge in [-0.25, -0.2) is 9.55 Å². The van der Waals surface area contributed by atoms with Crippen molar-refractivity contribution in [2.24, 2.45) is 0 Å². The van der Waals surface area contributed by atoms with Crippen molar-refractivity contribution in [2.75, 3.05) is 6.61 Å². The lowest BCUT2D eigenvalue weighted by molar-refractivity contribution is 0.272. The van der Waals surface area contributed by atoms with Gasteiger partial charge in [-0.15, -0.1) is 0 Å². The summed E-state index contributed by atoms with van der Waals surface area (Å²) in [5.74, 6) is 0.676. The SMILES string of the molecule is C=C(OCC)n1c(SCc2c(Cl)cncc2Cl)nc(C)cc1=O. The number of nitrogens with zero attached hydrogens (tertiary/aromatic N) is 3. The molecule has 0 saturated carbocycles. The molecule has 0 aliphatic carbocycles. The van der Waals surface area contributed by atoms with E-state index in [1.54, 1.807) is 6.92 Å². The molecule has 0 amide bonds. The van der Waals surface area contributed by atoms with Gasteiger partial charge in [0.25, 0.3) is 5.56 Å². The number of pyridine rings is 1. The van der Waals surface area contributed by atoms with Crippen LogP contribution in [0.25, 0.3) is 5.88 Å². The minimum absolute atomic E-state index is 0.236. The third-order valence-electron chi connectivity index (χ3n) is 2.87. The molecule has 0 bridgehead atoms. The summed E-state index contributed by atoms with van der Waals surface area (Å²) >= 11 is 13.6. The second kappa shape index (κ2) is 7.86. The number of aromatic nitrogens is 3. The Bertz CT molecular complexity index is 773. The van der Waals surface area contributed by atoms with E-state index in [0.717, 1.165) is 5.56 Å². The summed E-state index contributed by atoms with van der Waals surface area (Å²) in [6.07, 6.45) is 3.05. The molecule has 0 N–H and O–H groups in total. The first-order valence-electron chi connectivity index (χ1n) is 6.77. The Morgan fingerprint density at radius 2 is 2.04 bits per heavy atom. The van der Waals surface area contributed by atoms with E-state index in [0.29, 0.717) is 33.3 Å². The maximum absolute atomic E-state index is 12.2. The first-order valence-corrected chi connectivity index (χ1v) is 8.51. The largest absolute Gasteiger partial charge is 0.479 e. The lowest BCUT2D eigenvalue weighted by Crippen LogP contribution is -2.23. The van der Waals surface area contributed by atoms with Crippen LogP contribution in [0.15, 0.2) is 35.0 Å². The molecule has 2 aromatic heterocycles. The quantitative estimate of drug-likeness (QED) is 0.436. The van der Waals surface area contributed by atoms with Gasteiger partial charge in [-0.2, -0.15) is 0 Å². The number of thioether (sulfide) groups is 1. The maximum Gasteiger partial charge on any atom is 0.261 e. The van der Waals surface area contributed by atoms with Crippen LogP contribution >= 0.6 is 35.0 Å².